The van der Waals surface area contributed by atoms with Crippen LogP contribution >= 0.6 is 23.4 Å². The lowest BCUT2D eigenvalue weighted by molar-refractivity contribution is -0.108. The fourth-order valence-corrected chi connectivity index (χ4v) is 2.94. The highest BCUT2D eigenvalue weighted by Gasteiger charge is 2.15. The van der Waals surface area contributed by atoms with E-state index < -0.39 is 15.6 Å². The molecule has 0 aromatic heterocycles. The van der Waals surface area contributed by atoms with Gasteiger partial charge in [0.25, 0.3) is 0 Å². The molecule has 0 aliphatic heterocycles. The van der Waals surface area contributed by atoms with Crippen molar-refractivity contribution in [3.8, 4) is 0 Å². The van der Waals surface area contributed by atoms with Gasteiger partial charge in [-0.1, -0.05) is 30.3 Å². The Labute approximate surface area is 104 Å². The third kappa shape index (κ3) is 4.55. The molecule has 0 radical (unpaired) electrons. The first-order chi connectivity index (χ1) is 7.43. The first-order valence-electron chi connectivity index (χ1n) is 4.59. The summed E-state index contributed by atoms with van der Waals surface area (Å²) in [5.41, 5.74) is 0. The molecule has 0 saturated carbocycles. The van der Waals surface area contributed by atoms with Gasteiger partial charge in [-0.15, -0.1) is 0 Å². The molecule has 0 heterocycles. The van der Waals surface area contributed by atoms with Crippen LogP contribution in [-0.2, 0) is 14.6 Å². The third-order valence-electron chi connectivity index (χ3n) is 1.82. The fraction of sp³-hybridized carbons (Fsp3) is 0.300. The number of carbonyl (C=O) groups is 1. The van der Waals surface area contributed by atoms with Crippen LogP contribution < -0.4 is 0 Å². The third-order valence-corrected chi connectivity index (χ3v) is 4.72. The van der Waals surface area contributed by atoms with Crippen molar-refractivity contribution in [2.45, 2.75) is 11.8 Å². The summed E-state index contributed by atoms with van der Waals surface area (Å²) in [5, 5.41) is 0.210. The van der Waals surface area contributed by atoms with E-state index in [4.69, 9.17) is 11.6 Å². The largest absolute Gasteiger partial charge is 0.286 e. The standard InChI is InChI=1S/C10H11ClO3S2/c1-2-16(13,14)7-10(12)15-9-5-3-8(11)4-6-9/h3-6H,2,7H2,1H3. The predicted molar refractivity (Wildman–Crippen MR) is 66.6 cm³/mol. The molecular weight excluding hydrogens is 268 g/mol. The zero-order chi connectivity index (χ0) is 12.2. The molecule has 0 aliphatic carbocycles. The molecule has 16 heavy (non-hydrogen) atoms. The monoisotopic (exact) mass is 278 g/mol. The number of hydrogen-bond acceptors (Lipinski definition) is 4. The maximum atomic E-state index is 11.4. The van der Waals surface area contributed by atoms with Gasteiger partial charge in [0, 0.05) is 15.7 Å². The first kappa shape index (κ1) is 13.5. The molecule has 1 aromatic rings. The van der Waals surface area contributed by atoms with Crippen molar-refractivity contribution in [2.24, 2.45) is 0 Å². The highest BCUT2D eigenvalue weighted by molar-refractivity contribution is 8.15. The number of carbonyl (C=O) groups excluding carboxylic acids is 1. The van der Waals surface area contributed by atoms with E-state index >= 15 is 0 Å². The summed E-state index contributed by atoms with van der Waals surface area (Å²) in [4.78, 5) is 12.1. The van der Waals surface area contributed by atoms with Crippen LogP contribution in [0, 0.1) is 0 Å². The Balaban J connectivity index is 2.62. The second-order valence-corrected chi connectivity index (χ2v) is 7.03. The second-order valence-electron chi connectivity index (χ2n) is 3.10. The van der Waals surface area contributed by atoms with E-state index in [-0.39, 0.29) is 10.9 Å². The molecule has 0 bridgehead atoms. The molecule has 1 rings (SSSR count). The summed E-state index contributed by atoms with van der Waals surface area (Å²) in [6.45, 7) is 1.52. The maximum absolute atomic E-state index is 11.4. The van der Waals surface area contributed by atoms with Gasteiger partial charge in [-0.3, -0.25) is 4.79 Å². The van der Waals surface area contributed by atoms with Crippen LogP contribution in [0.4, 0.5) is 0 Å². The molecule has 0 spiro atoms. The van der Waals surface area contributed by atoms with E-state index in [1.165, 1.54) is 6.92 Å². The Morgan fingerprint density at radius 2 is 1.88 bits per heavy atom. The van der Waals surface area contributed by atoms with Crippen molar-refractivity contribution in [3.05, 3.63) is 29.3 Å². The summed E-state index contributed by atoms with van der Waals surface area (Å²) in [6.07, 6.45) is 0. The van der Waals surface area contributed by atoms with Crippen molar-refractivity contribution in [1.82, 2.24) is 0 Å². The van der Waals surface area contributed by atoms with Gasteiger partial charge >= 0.3 is 0 Å². The van der Waals surface area contributed by atoms with Gasteiger partial charge in [0.1, 0.15) is 5.75 Å². The lowest BCUT2D eigenvalue weighted by atomic mass is 10.4. The highest BCUT2D eigenvalue weighted by Crippen LogP contribution is 2.21. The SMILES string of the molecule is CCS(=O)(=O)CC(=O)Sc1ccc(Cl)cc1. The zero-order valence-electron chi connectivity index (χ0n) is 8.64. The minimum absolute atomic E-state index is 0.0140. The Morgan fingerprint density at radius 3 is 2.38 bits per heavy atom. The minimum atomic E-state index is -3.24. The lowest BCUT2D eigenvalue weighted by Crippen LogP contribution is -2.14. The molecule has 1 aromatic carbocycles. The van der Waals surface area contributed by atoms with E-state index in [1.807, 2.05) is 0 Å². The number of rotatable bonds is 4. The molecule has 0 unspecified atom stereocenters. The van der Waals surface area contributed by atoms with Crippen LogP contribution in [0.25, 0.3) is 0 Å². The minimum Gasteiger partial charge on any atom is -0.286 e. The fourth-order valence-electron chi connectivity index (χ4n) is 0.945. The summed E-state index contributed by atoms with van der Waals surface area (Å²) in [7, 11) is -3.24. The summed E-state index contributed by atoms with van der Waals surface area (Å²) < 4.78 is 22.4. The summed E-state index contributed by atoms with van der Waals surface area (Å²) in [6, 6.07) is 6.68. The number of benzene rings is 1. The number of hydrogen-bond donors (Lipinski definition) is 0. The number of halogens is 1. The quantitative estimate of drug-likeness (QED) is 0.794. The zero-order valence-corrected chi connectivity index (χ0v) is 11.0. The van der Waals surface area contributed by atoms with E-state index in [0.29, 0.717) is 9.92 Å². The van der Waals surface area contributed by atoms with Crippen molar-refractivity contribution in [1.29, 1.82) is 0 Å². The first-order valence-corrected chi connectivity index (χ1v) is 7.61. The molecule has 3 nitrogen and oxygen atoms in total. The van der Waals surface area contributed by atoms with Crippen molar-refractivity contribution >= 4 is 38.3 Å². The normalized spacial score (nSPS) is 11.4. The van der Waals surface area contributed by atoms with Crippen LogP contribution in [0.3, 0.4) is 0 Å². The van der Waals surface area contributed by atoms with Crippen LogP contribution in [0.15, 0.2) is 29.2 Å². The molecule has 0 amide bonds. The Hall–Kier alpha value is -0.520. The Morgan fingerprint density at radius 1 is 1.31 bits per heavy atom. The van der Waals surface area contributed by atoms with Crippen LogP contribution in [0.5, 0.6) is 0 Å². The van der Waals surface area contributed by atoms with Crippen LogP contribution in [0.1, 0.15) is 6.92 Å². The smallest absolute Gasteiger partial charge is 0.208 e. The van der Waals surface area contributed by atoms with Crippen molar-refractivity contribution in [2.75, 3.05) is 11.5 Å². The molecule has 0 fully saturated rings. The van der Waals surface area contributed by atoms with Gasteiger partial charge < -0.3 is 0 Å². The van der Waals surface area contributed by atoms with E-state index in [2.05, 4.69) is 0 Å². The molecular formula is C10H11ClO3S2. The molecule has 0 atom stereocenters. The van der Waals surface area contributed by atoms with Crippen LogP contribution in [0.2, 0.25) is 5.02 Å². The highest BCUT2D eigenvalue weighted by atomic mass is 35.5. The lowest BCUT2D eigenvalue weighted by Gasteiger charge is -2.01. The van der Waals surface area contributed by atoms with Crippen LogP contribution in [-0.4, -0.2) is 25.0 Å². The Bertz CT molecular complexity index is 465. The van der Waals surface area contributed by atoms with Gasteiger partial charge in [0.2, 0.25) is 5.12 Å². The second kappa shape index (κ2) is 5.70. The number of thioether (sulfide) groups is 1. The van der Waals surface area contributed by atoms with E-state index in [0.717, 1.165) is 11.8 Å². The Kier molecular flexibility index (Phi) is 4.83. The van der Waals surface area contributed by atoms with Gasteiger partial charge in [-0.25, -0.2) is 8.42 Å². The number of sulfone groups is 1. The topological polar surface area (TPSA) is 51.2 Å². The van der Waals surface area contributed by atoms with E-state index in [9.17, 15) is 13.2 Å². The predicted octanol–water partition coefficient (Wildman–Crippen LogP) is 2.39. The molecule has 6 heteroatoms. The molecule has 88 valence electrons. The van der Waals surface area contributed by atoms with Gasteiger partial charge in [-0.05, 0) is 24.3 Å². The average Bonchev–Trinajstić information content (AvgIpc) is 2.21. The molecule has 0 saturated heterocycles. The van der Waals surface area contributed by atoms with Crippen molar-refractivity contribution < 1.29 is 13.2 Å². The average molecular weight is 279 g/mol. The maximum Gasteiger partial charge on any atom is 0.208 e. The molecule has 0 aliphatic rings. The summed E-state index contributed by atoms with van der Waals surface area (Å²) in [5.74, 6) is -0.434. The van der Waals surface area contributed by atoms with Crippen molar-refractivity contribution in [3.63, 3.8) is 0 Å². The van der Waals surface area contributed by atoms with Gasteiger partial charge in [-0.2, -0.15) is 0 Å². The van der Waals surface area contributed by atoms with E-state index in [1.54, 1.807) is 24.3 Å². The van der Waals surface area contributed by atoms with Gasteiger partial charge in [0.15, 0.2) is 9.84 Å². The van der Waals surface area contributed by atoms with Gasteiger partial charge in [0.05, 0.1) is 0 Å². The molecule has 0 N–H and O–H groups in total. The summed E-state index contributed by atoms with van der Waals surface area (Å²) >= 11 is 6.60.